The van der Waals surface area contributed by atoms with Crippen LogP contribution in [0, 0.1) is 0 Å². The first-order valence-corrected chi connectivity index (χ1v) is 7.43. The molecule has 1 saturated heterocycles. The molecule has 0 spiro atoms. The van der Waals surface area contributed by atoms with Crippen LogP contribution in [0.4, 0.5) is 0 Å². The van der Waals surface area contributed by atoms with E-state index in [2.05, 4.69) is 0 Å². The second-order valence-corrected chi connectivity index (χ2v) is 7.33. The summed E-state index contributed by atoms with van der Waals surface area (Å²) in [5, 5.41) is 0.116. The van der Waals surface area contributed by atoms with Crippen molar-refractivity contribution in [2.75, 3.05) is 27.9 Å². The predicted molar refractivity (Wildman–Crippen MR) is 60.2 cm³/mol. The van der Waals surface area contributed by atoms with Gasteiger partial charge in [-0.25, -0.2) is 0 Å². The zero-order valence-corrected chi connectivity index (χ0v) is 11.3. The van der Waals surface area contributed by atoms with Gasteiger partial charge in [0, 0.05) is 32.8 Å². The zero-order chi connectivity index (χ0) is 11.3. The molecule has 90 valence electrons. The largest absolute Gasteiger partial charge is 0.500 e. The minimum Gasteiger partial charge on any atom is -0.377 e. The monoisotopic (exact) mass is 254 g/mol. The van der Waals surface area contributed by atoms with Gasteiger partial charge in [-0.05, 0) is 12.8 Å². The summed E-state index contributed by atoms with van der Waals surface area (Å²) >= 11 is 6.17. The minimum atomic E-state index is -2.44. The van der Waals surface area contributed by atoms with E-state index < -0.39 is 8.80 Å². The lowest BCUT2D eigenvalue weighted by Crippen LogP contribution is -2.43. The standard InChI is InChI=1S/C9H19ClO4Si/c1-11-15(12-2,13-3)5-4-8(10)6-9-7-14-9/h8-9H,4-7H2,1-3H3. The fourth-order valence-electron chi connectivity index (χ4n) is 1.50. The molecule has 1 fully saturated rings. The Morgan fingerprint density at radius 2 is 1.87 bits per heavy atom. The molecule has 0 bridgehead atoms. The van der Waals surface area contributed by atoms with Crippen molar-refractivity contribution in [1.29, 1.82) is 0 Å². The van der Waals surface area contributed by atoms with Crippen LogP contribution in [0.2, 0.25) is 6.04 Å². The lowest BCUT2D eigenvalue weighted by Gasteiger charge is -2.25. The Bertz CT molecular complexity index is 177. The smallest absolute Gasteiger partial charge is 0.377 e. The van der Waals surface area contributed by atoms with Crippen molar-refractivity contribution >= 4 is 20.4 Å². The molecule has 4 nitrogen and oxygen atoms in total. The van der Waals surface area contributed by atoms with Crippen LogP contribution in [0.3, 0.4) is 0 Å². The van der Waals surface area contributed by atoms with E-state index in [1.54, 1.807) is 21.3 Å². The van der Waals surface area contributed by atoms with Crippen molar-refractivity contribution in [1.82, 2.24) is 0 Å². The summed E-state index contributed by atoms with van der Waals surface area (Å²) in [5.41, 5.74) is 0. The molecule has 2 atom stereocenters. The fraction of sp³-hybridized carbons (Fsp3) is 1.00. The molecule has 0 amide bonds. The lowest BCUT2D eigenvalue weighted by molar-refractivity contribution is 0.122. The van der Waals surface area contributed by atoms with Crippen LogP contribution in [0.15, 0.2) is 0 Å². The van der Waals surface area contributed by atoms with E-state index in [1.807, 2.05) is 0 Å². The number of hydrogen-bond acceptors (Lipinski definition) is 4. The Labute approximate surface area is 97.2 Å². The number of alkyl halides is 1. The van der Waals surface area contributed by atoms with Gasteiger partial charge in [0.05, 0.1) is 12.7 Å². The number of epoxide rings is 1. The molecule has 1 heterocycles. The number of ether oxygens (including phenoxy) is 1. The van der Waals surface area contributed by atoms with Gasteiger partial charge < -0.3 is 18.0 Å². The van der Waals surface area contributed by atoms with Crippen LogP contribution in [0.5, 0.6) is 0 Å². The van der Waals surface area contributed by atoms with Crippen molar-refractivity contribution in [2.24, 2.45) is 0 Å². The Hall–Kier alpha value is 0.347. The topological polar surface area (TPSA) is 40.2 Å². The summed E-state index contributed by atoms with van der Waals surface area (Å²) in [6.45, 7) is 0.852. The molecule has 1 rings (SSSR count). The molecule has 0 radical (unpaired) electrons. The predicted octanol–water partition coefficient (Wildman–Crippen LogP) is 1.65. The summed E-state index contributed by atoms with van der Waals surface area (Å²) in [6, 6.07) is 0.747. The Morgan fingerprint density at radius 3 is 2.27 bits per heavy atom. The molecular formula is C9H19ClO4Si. The third kappa shape index (κ3) is 4.38. The highest BCUT2D eigenvalue weighted by molar-refractivity contribution is 6.60. The van der Waals surface area contributed by atoms with Gasteiger partial charge >= 0.3 is 8.80 Å². The van der Waals surface area contributed by atoms with Crippen LogP contribution in [-0.4, -0.2) is 48.2 Å². The molecule has 0 saturated carbocycles. The minimum absolute atomic E-state index is 0.116. The van der Waals surface area contributed by atoms with Crippen molar-refractivity contribution in [3.63, 3.8) is 0 Å². The van der Waals surface area contributed by atoms with E-state index in [0.717, 1.165) is 25.5 Å². The van der Waals surface area contributed by atoms with Gasteiger partial charge in [-0.2, -0.15) is 0 Å². The van der Waals surface area contributed by atoms with E-state index in [9.17, 15) is 0 Å². The van der Waals surface area contributed by atoms with Gasteiger partial charge in [-0.15, -0.1) is 11.6 Å². The molecule has 2 unspecified atom stereocenters. The second kappa shape index (κ2) is 6.17. The third-order valence-corrected chi connectivity index (χ3v) is 5.78. The zero-order valence-electron chi connectivity index (χ0n) is 9.49. The molecule has 0 aromatic carbocycles. The first kappa shape index (κ1) is 13.4. The molecule has 6 heteroatoms. The second-order valence-electron chi connectivity index (χ2n) is 3.62. The first-order valence-electron chi connectivity index (χ1n) is 5.07. The molecule has 0 aromatic heterocycles. The Balaban J connectivity index is 2.24. The molecule has 0 aliphatic carbocycles. The normalized spacial score (nSPS) is 22.8. The molecule has 0 N–H and O–H groups in total. The van der Waals surface area contributed by atoms with Gasteiger partial charge in [0.2, 0.25) is 0 Å². The van der Waals surface area contributed by atoms with Crippen molar-refractivity contribution in [2.45, 2.75) is 30.4 Å². The van der Waals surface area contributed by atoms with Crippen LogP contribution >= 0.6 is 11.6 Å². The molecular weight excluding hydrogens is 236 g/mol. The van der Waals surface area contributed by atoms with Crippen molar-refractivity contribution in [3.8, 4) is 0 Å². The van der Waals surface area contributed by atoms with Gasteiger partial charge in [0.1, 0.15) is 0 Å². The van der Waals surface area contributed by atoms with E-state index in [-0.39, 0.29) is 5.38 Å². The maximum absolute atomic E-state index is 6.17. The quantitative estimate of drug-likeness (QED) is 0.375. The summed E-state index contributed by atoms with van der Waals surface area (Å²) in [6.07, 6.45) is 2.11. The van der Waals surface area contributed by atoms with Gasteiger partial charge in [-0.1, -0.05) is 0 Å². The maximum Gasteiger partial charge on any atom is 0.500 e. The van der Waals surface area contributed by atoms with E-state index >= 15 is 0 Å². The van der Waals surface area contributed by atoms with Gasteiger partial charge in [0.15, 0.2) is 0 Å². The number of halogens is 1. The van der Waals surface area contributed by atoms with E-state index in [1.165, 1.54) is 0 Å². The highest BCUT2D eigenvalue weighted by atomic mass is 35.5. The summed E-state index contributed by atoms with van der Waals surface area (Å²) in [5.74, 6) is 0. The van der Waals surface area contributed by atoms with Crippen LogP contribution in [0.1, 0.15) is 12.8 Å². The van der Waals surface area contributed by atoms with Crippen LogP contribution in [0.25, 0.3) is 0 Å². The third-order valence-electron chi connectivity index (χ3n) is 2.62. The Kier molecular flexibility index (Phi) is 5.52. The summed E-state index contributed by atoms with van der Waals surface area (Å²) < 4.78 is 21.1. The molecule has 1 aliphatic heterocycles. The lowest BCUT2D eigenvalue weighted by atomic mass is 10.2. The maximum atomic E-state index is 6.17. The Morgan fingerprint density at radius 1 is 1.33 bits per heavy atom. The van der Waals surface area contributed by atoms with E-state index in [4.69, 9.17) is 29.6 Å². The number of rotatable bonds is 8. The van der Waals surface area contributed by atoms with Crippen molar-refractivity contribution in [3.05, 3.63) is 0 Å². The van der Waals surface area contributed by atoms with Crippen LogP contribution < -0.4 is 0 Å². The van der Waals surface area contributed by atoms with Crippen molar-refractivity contribution < 1.29 is 18.0 Å². The van der Waals surface area contributed by atoms with Crippen LogP contribution in [-0.2, 0) is 18.0 Å². The summed E-state index contributed by atoms with van der Waals surface area (Å²) in [4.78, 5) is 0. The van der Waals surface area contributed by atoms with Gasteiger partial charge in [-0.3, -0.25) is 0 Å². The highest BCUT2D eigenvalue weighted by Gasteiger charge is 2.38. The molecule has 15 heavy (non-hydrogen) atoms. The fourth-order valence-corrected chi connectivity index (χ4v) is 3.80. The number of hydrogen-bond donors (Lipinski definition) is 0. The highest BCUT2D eigenvalue weighted by Crippen LogP contribution is 2.25. The average Bonchev–Trinajstić information content (AvgIpc) is 3.05. The van der Waals surface area contributed by atoms with E-state index in [0.29, 0.717) is 6.10 Å². The molecule has 1 aliphatic rings. The summed E-state index contributed by atoms with van der Waals surface area (Å²) in [7, 11) is 2.42. The molecule has 0 aromatic rings. The van der Waals surface area contributed by atoms with Gasteiger partial charge in [0.25, 0.3) is 0 Å². The average molecular weight is 255 g/mol. The first-order chi connectivity index (χ1) is 7.15. The SMILES string of the molecule is CO[Si](CCC(Cl)CC1CO1)(OC)OC.